The van der Waals surface area contributed by atoms with Crippen molar-refractivity contribution in [1.29, 1.82) is 0 Å². The molecule has 5 nitrogen and oxygen atoms in total. The number of amides is 1. The molecule has 0 saturated carbocycles. The highest BCUT2D eigenvalue weighted by Crippen LogP contribution is 1.80. The van der Waals surface area contributed by atoms with Crippen molar-refractivity contribution in [3.63, 3.8) is 0 Å². The van der Waals surface area contributed by atoms with Gasteiger partial charge in [0.25, 0.3) is 0 Å². The molecular formula is C5H8NO4. The van der Waals surface area contributed by atoms with E-state index < -0.39 is 12.5 Å². The van der Waals surface area contributed by atoms with Crippen LogP contribution in [0, 0.1) is 0 Å². The third-order valence-electron chi connectivity index (χ3n) is 0.825. The van der Waals surface area contributed by atoms with Crippen molar-refractivity contribution in [2.45, 2.75) is 0 Å². The molecule has 0 saturated heterocycles. The highest BCUT2D eigenvalue weighted by atomic mass is 16.4. The van der Waals surface area contributed by atoms with Crippen LogP contribution >= 0.6 is 0 Å². The standard InChI is InChI=1S/C5H8NO4/c7-2-1-6(4-8)3-5(9)10/h7H,1-3H2,(H,9,10). The maximum Gasteiger partial charge on any atom is 0.323 e. The predicted octanol–water partition coefficient (Wildman–Crippen LogP) is -1.57. The van der Waals surface area contributed by atoms with Gasteiger partial charge in [0.1, 0.15) is 6.54 Å². The molecule has 1 amide bonds. The summed E-state index contributed by atoms with van der Waals surface area (Å²) >= 11 is 0. The molecule has 0 aromatic carbocycles. The van der Waals surface area contributed by atoms with E-state index in [9.17, 15) is 9.59 Å². The molecule has 0 bridgehead atoms. The van der Waals surface area contributed by atoms with Crippen LogP contribution in [0.25, 0.3) is 0 Å². The second-order valence-electron chi connectivity index (χ2n) is 1.63. The summed E-state index contributed by atoms with van der Waals surface area (Å²) < 4.78 is 0. The van der Waals surface area contributed by atoms with Crippen molar-refractivity contribution in [2.24, 2.45) is 0 Å². The lowest BCUT2D eigenvalue weighted by molar-refractivity contribution is -0.137. The van der Waals surface area contributed by atoms with Gasteiger partial charge in [0.15, 0.2) is 0 Å². The highest BCUT2D eigenvalue weighted by Gasteiger charge is 2.05. The smallest absolute Gasteiger partial charge is 0.323 e. The second-order valence-corrected chi connectivity index (χ2v) is 1.63. The Morgan fingerprint density at radius 2 is 2.20 bits per heavy atom. The Bertz CT molecular complexity index is 125. The van der Waals surface area contributed by atoms with Gasteiger partial charge in [-0.1, -0.05) is 0 Å². The average molecular weight is 146 g/mol. The Morgan fingerprint density at radius 1 is 1.60 bits per heavy atom. The number of nitrogens with zero attached hydrogens (tertiary/aromatic N) is 1. The fourth-order valence-electron chi connectivity index (χ4n) is 0.441. The molecule has 0 heterocycles. The van der Waals surface area contributed by atoms with Gasteiger partial charge >= 0.3 is 12.4 Å². The first-order valence-corrected chi connectivity index (χ1v) is 2.66. The van der Waals surface area contributed by atoms with Crippen LogP contribution in [-0.4, -0.2) is 47.2 Å². The first-order chi connectivity index (χ1) is 4.70. The van der Waals surface area contributed by atoms with Crippen LogP contribution in [0.15, 0.2) is 0 Å². The number of hydrogen-bond acceptors (Lipinski definition) is 3. The number of aliphatic carboxylic acids is 1. The fraction of sp³-hybridized carbons (Fsp3) is 0.600. The van der Waals surface area contributed by atoms with Crippen molar-refractivity contribution >= 4 is 12.4 Å². The van der Waals surface area contributed by atoms with E-state index in [0.29, 0.717) is 0 Å². The molecule has 0 aromatic rings. The van der Waals surface area contributed by atoms with E-state index in [4.69, 9.17) is 10.2 Å². The third kappa shape index (κ3) is 3.85. The molecule has 0 atom stereocenters. The monoisotopic (exact) mass is 146 g/mol. The summed E-state index contributed by atoms with van der Waals surface area (Å²) in [4.78, 5) is 20.6. The lowest BCUT2D eigenvalue weighted by atomic mass is 10.5. The summed E-state index contributed by atoms with van der Waals surface area (Å²) in [5.74, 6) is -1.11. The molecule has 57 valence electrons. The van der Waals surface area contributed by atoms with Crippen molar-refractivity contribution in [3.8, 4) is 0 Å². The van der Waals surface area contributed by atoms with Crippen LogP contribution in [0.2, 0.25) is 0 Å². The van der Waals surface area contributed by atoms with Crippen LogP contribution in [0.4, 0.5) is 0 Å². The van der Waals surface area contributed by atoms with E-state index in [1.54, 1.807) is 0 Å². The first-order valence-electron chi connectivity index (χ1n) is 2.66. The van der Waals surface area contributed by atoms with Crippen LogP contribution < -0.4 is 0 Å². The summed E-state index contributed by atoms with van der Waals surface area (Å²) in [7, 11) is 0. The molecule has 0 aliphatic carbocycles. The molecule has 1 radical (unpaired) electrons. The zero-order valence-electron chi connectivity index (χ0n) is 5.28. The van der Waals surface area contributed by atoms with Gasteiger partial charge in [-0.25, -0.2) is 0 Å². The van der Waals surface area contributed by atoms with E-state index in [-0.39, 0.29) is 13.2 Å². The number of aliphatic hydroxyl groups excluding tert-OH is 1. The average Bonchev–Trinajstić information content (AvgIpc) is 1.86. The molecule has 0 rings (SSSR count). The van der Waals surface area contributed by atoms with Gasteiger partial charge in [0, 0.05) is 6.54 Å². The molecule has 0 aliphatic heterocycles. The number of hydrogen-bond donors (Lipinski definition) is 2. The summed E-state index contributed by atoms with van der Waals surface area (Å²) in [6, 6.07) is 0. The van der Waals surface area contributed by atoms with Gasteiger partial charge < -0.3 is 15.1 Å². The molecule has 10 heavy (non-hydrogen) atoms. The Hall–Kier alpha value is -1.10. The maximum absolute atomic E-state index is 9.94. The Kier molecular flexibility index (Phi) is 4.23. The van der Waals surface area contributed by atoms with Gasteiger partial charge in [-0.3, -0.25) is 9.59 Å². The number of carbonyl (C=O) groups excluding carboxylic acids is 1. The first kappa shape index (κ1) is 8.90. The van der Waals surface area contributed by atoms with Crippen LogP contribution in [0.3, 0.4) is 0 Å². The minimum absolute atomic E-state index is 0.00972. The van der Waals surface area contributed by atoms with E-state index in [0.717, 1.165) is 4.90 Å². The molecule has 0 aliphatic rings. The number of carbonyl (C=O) groups is 1. The van der Waals surface area contributed by atoms with Gasteiger partial charge in [-0.05, 0) is 0 Å². The predicted molar refractivity (Wildman–Crippen MR) is 32.0 cm³/mol. The normalized spacial score (nSPS) is 8.90. The summed E-state index contributed by atoms with van der Waals surface area (Å²) in [5, 5.41) is 16.4. The van der Waals surface area contributed by atoms with Gasteiger partial charge in [-0.15, -0.1) is 0 Å². The van der Waals surface area contributed by atoms with Crippen molar-refractivity contribution in [1.82, 2.24) is 4.90 Å². The van der Waals surface area contributed by atoms with E-state index in [1.165, 1.54) is 6.41 Å². The molecule has 0 spiro atoms. The Morgan fingerprint density at radius 3 is 2.50 bits per heavy atom. The van der Waals surface area contributed by atoms with Crippen molar-refractivity contribution in [3.05, 3.63) is 0 Å². The lowest BCUT2D eigenvalue weighted by Crippen LogP contribution is -2.30. The molecule has 0 fully saturated rings. The fourth-order valence-corrected chi connectivity index (χ4v) is 0.441. The largest absolute Gasteiger partial charge is 0.480 e. The van der Waals surface area contributed by atoms with E-state index in [2.05, 4.69) is 0 Å². The molecule has 2 N–H and O–H groups in total. The van der Waals surface area contributed by atoms with Crippen LogP contribution in [0.1, 0.15) is 0 Å². The molecular weight excluding hydrogens is 138 g/mol. The Balaban J connectivity index is 3.59. The SMILES string of the molecule is O=[C]N(CCO)CC(=O)O. The van der Waals surface area contributed by atoms with Gasteiger partial charge in [-0.2, -0.15) is 0 Å². The summed E-state index contributed by atoms with van der Waals surface area (Å²) in [6.45, 7) is -0.650. The topological polar surface area (TPSA) is 77.8 Å². The van der Waals surface area contributed by atoms with Crippen molar-refractivity contribution < 1.29 is 19.8 Å². The maximum atomic E-state index is 9.94. The molecule has 0 aromatic heterocycles. The Labute approximate surface area is 57.9 Å². The number of carboxylic acids is 1. The number of rotatable bonds is 5. The number of carboxylic acid groups (broad SMARTS) is 1. The quantitative estimate of drug-likeness (QED) is 0.459. The zero-order chi connectivity index (χ0) is 7.98. The lowest BCUT2D eigenvalue weighted by Gasteiger charge is -2.09. The minimum Gasteiger partial charge on any atom is -0.480 e. The highest BCUT2D eigenvalue weighted by molar-refractivity contribution is 5.72. The van der Waals surface area contributed by atoms with E-state index in [1.807, 2.05) is 0 Å². The van der Waals surface area contributed by atoms with E-state index >= 15 is 0 Å². The van der Waals surface area contributed by atoms with Gasteiger partial charge in [0.05, 0.1) is 6.61 Å². The summed E-state index contributed by atoms with van der Waals surface area (Å²) in [6.07, 6.45) is 1.38. The van der Waals surface area contributed by atoms with Crippen LogP contribution in [0.5, 0.6) is 0 Å². The molecule has 0 unspecified atom stereocenters. The van der Waals surface area contributed by atoms with Crippen molar-refractivity contribution in [2.75, 3.05) is 19.7 Å². The molecule has 5 heteroatoms. The minimum atomic E-state index is -1.11. The summed E-state index contributed by atoms with van der Waals surface area (Å²) in [5.41, 5.74) is 0. The zero-order valence-corrected chi connectivity index (χ0v) is 5.28. The second kappa shape index (κ2) is 4.75. The van der Waals surface area contributed by atoms with Crippen LogP contribution in [-0.2, 0) is 9.59 Å². The number of aliphatic hydroxyl groups is 1. The van der Waals surface area contributed by atoms with Gasteiger partial charge in [0.2, 0.25) is 0 Å². The third-order valence-corrected chi connectivity index (χ3v) is 0.825.